The molecule has 0 aromatic heterocycles. The van der Waals surface area contributed by atoms with Crippen LogP contribution in [0.3, 0.4) is 0 Å². The number of likely N-dealkylation sites (N-methyl/N-ethyl adjacent to an activating group) is 1. The lowest BCUT2D eigenvalue weighted by atomic mass is 10.0. The van der Waals surface area contributed by atoms with Gasteiger partial charge in [0.2, 0.25) is 0 Å². The Kier molecular flexibility index (Phi) is 4.51. The monoisotopic (exact) mass is 356 g/mol. The molecular weight excluding hydrogens is 340 g/mol. The van der Waals surface area contributed by atoms with Gasteiger partial charge in [-0.15, -0.1) is 0 Å². The molecular formula is C19H17ClN2O3. The molecule has 0 unspecified atom stereocenters. The van der Waals surface area contributed by atoms with Gasteiger partial charge in [0.25, 0.3) is 11.8 Å². The summed E-state index contributed by atoms with van der Waals surface area (Å²) in [4.78, 5) is 26.4. The summed E-state index contributed by atoms with van der Waals surface area (Å²) < 4.78 is 5.35. The quantitative estimate of drug-likeness (QED) is 0.852. The van der Waals surface area contributed by atoms with Crippen LogP contribution >= 0.6 is 11.6 Å². The average Bonchev–Trinajstić information content (AvgIpc) is 2.83. The number of imide groups is 1. The number of anilines is 1. The molecule has 2 amide bonds. The van der Waals surface area contributed by atoms with E-state index in [9.17, 15) is 9.59 Å². The van der Waals surface area contributed by atoms with E-state index in [0.717, 1.165) is 10.5 Å². The molecule has 25 heavy (non-hydrogen) atoms. The number of amides is 2. The summed E-state index contributed by atoms with van der Waals surface area (Å²) in [5, 5.41) is 3.67. The third-order valence-corrected chi connectivity index (χ3v) is 4.60. The molecule has 0 aliphatic carbocycles. The summed E-state index contributed by atoms with van der Waals surface area (Å²) in [7, 11) is 2.98. The molecule has 1 heterocycles. The number of benzene rings is 2. The lowest BCUT2D eigenvalue weighted by molar-refractivity contribution is -0.135. The SMILES string of the molecule is COc1ccccc1C1=C(Nc2cccc(Cl)c2C)C(=O)N(C)C1=O. The van der Waals surface area contributed by atoms with E-state index in [1.54, 1.807) is 30.3 Å². The predicted octanol–water partition coefficient (Wildman–Crippen LogP) is 3.48. The van der Waals surface area contributed by atoms with Gasteiger partial charge in [-0.05, 0) is 30.7 Å². The number of carbonyl (C=O) groups is 2. The zero-order chi connectivity index (χ0) is 18.1. The van der Waals surface area contributed by atoms with Crippen molar-refractivity contribution in [2.24, 2.45) is 0 Å². The first-order valence-electron chi connectivity index (χ1n) is 7.68. The summed E-state index contributed by atoms with van der Waals surface area (Å²) >= 11 is 6.16. The Labute approximate surface area is 150 Å². The lowest BCUT2D eigenvalue weighted by Gasteiger charge is -2.13. The minimum absolute atomic E-state index is 0.211. The van der Waals surface area contributed by atoms with Gasteiger partial charge in [0.05, 0.1) is 12.7 Å². The summed E-state index contributed by atoms with van der Waals surface area (Å²) in [5.74, 6) is -0.252. The van der Waals surface area contributed by atoms with Crippen LogP contribution in [0.15, 0.2) is 48.2 Å². The van der Waals surface area contributed by atoms with Gasteiger partial charge in [-0.25, -0.2) is 0 Å². The molecule has 0 saturated heterocycles. The third-order valence-electron chi connectivity index (χ3n) is 4.19. The van der Waals surface area contributed by atoms with E-state index >= 15 is 0 Å². The second-order valence-electron chi connectivity index (χ2n) is 5.66. The molecule has 2 aromatic rings. The van der Waals surface area contributed by atoms with Crippen LogP contribution in [0, 0.1) is 6.92 Å². The van der Waals surface area contributed by atoms with Gasteiger partial charge in [0.1, 0.15) is 11.4 Å². The Hall–Kier alpha value is -2.79. The number of hydrogen-bond acceptors (Lipinski definition) is 4. The molecule has 0 saturated carbocycles. The predicted molar refractivity (Wildman–Crippen MR) is 97.5 cm³/mol. The molecule has 3 rings (SSSR count). The second kappa shape index (κ2) is 6.61. The molecule has 2 aromatic carbocycles. The van der Waals surface area contributed by atoms with Gasteiger partial charge in [-0.1, -0.05) is 35.9 Å². The first kappa shape index (κ1) is 17.0. The normalized spacial score (nSPS) is 14.3. The van der Waals surface area contributed by atoms with E-state index in [1.165, 1.54) is 14.2 Å². The van der Waals surface area contributed by atoms with E-state index in [4.69, 9.17) is 16.3 Å². The Balaban J connectivity index is 2.17. The largest absolute Gasteiger partial charge is 0.496 e. The van der Waals surface area contributed by atoms with Crippen molar-refractivity contribution >= 4 is 34.7 Å². The number of nitrogens with one attached hydrogen (secondary N) is 1. The highest BCUT2D eigenvalue weighted by Gasteiger charge is 2.38. The van der Waals surface area contributed by atoms with E-state index < -0.39 is 5.91 Å². The standard InChI is InChI=1S/C19H17ClN2O3/c1-11-13(20)8-6-9-14(11)21-17-16(18(23)22(2)19(17)24)12-7-4-5-10-15(12)25-3/h4-10,21H,1-3H3. The highest BCUT2D eigenvalue weighted by atomic mass is 35.5. The van der Waals surface area contributed by atoms with Crippen LogP contribution in [-0.4, -0.2) is 30.9 Å². The number of halogens is 1. The van der Waals surface area contributed by atoms with Gasteiger partial charge in [0, 0.05) is 23.3 Å². The molecule has 5 nitrogen and oxygen atoms in total. The second-order valence-corrected chi connectivity index (χ2v) is 6.06. The van der Waals surface area contributed by atoms with E-state index in [2.05, 4.69) is 5.32 Å². The maximum absolute atomic E-state index is 12.7. The van der Waals surface area contributed by atoms with Crippen molar-refractivity contribution in [3.63, 3.8) is 0 Å². The molecule has 0 spiro atoms. The Bertz CT molecular complexity index is 905. The van der Waals surface area contributed by atoms with E-state index in [1.807, 2.05) is 19.1 Å². The summed E-state index contributed by atoms with van der Waals surface area (Å²) in [6.45, 7) is 1.85. The molecule has 0 atom stereocenters. The van der Waals surface area contributed by atoms with Crippen molar-refractivity contribution in [3.05, 3.63) is 64.3 Å². The van der Waals surface area contributed by atoms with Crippen molar-refractivity contribution in [3.8, 4) is 5.75 Å². The highest BCUT2D eigenvalue weighted by Crippen LogP contribution is 2.35. The molecule has 0 radical (unpaired) electrons. The first-order valence-corrected chi connectivity index (χ1v) is 8.05. The summed E-state index contributed by atoms with van der Waals surface area (Å²) in [6, 6.07) is 12.5. The first-order chi connectivity index (χ1) is 12.0. The van der Waals surface area contributed by atoms with E-state index in [0.29, 0.717) is 22.0 Å². The van der Waals surface area contributed by atoms with Gasteiger partial charge in [-0.2, -0.15) is 0 Å². The Morgan fingerprint density at radius 3 is 2.48 bits per heavy atom. The van der Waals surface area contributed by atoms with Crippen molar-refractivity contribution in [2.45, 2.75) is 6.92 Å². The molecule has 1 N–H and O–H groups in total. The number of para-hydroxylation sites is 1. The van der Waals surface area contributed by atoms with Crippen LogP contribution in [0.2, 0.25) is 5.02 Å². The molecule has 1 aliphatic heterocycles. The van der Waals surface area contributed by atoms with Crippen LogP contribution in [0.5, 0.6) is 5.75 Å². The van der Waals surface area contributed by atoms with Crippen LogP contribution < -0.4 is 10.1 Å². The van der Waals surface area contributed by atoms with Crippen molar-refractivity contribution in [1.29, 1.82) is 0 Å². The fourth-order valence-electron chi connectivity index (χ4n) is 2.74. The summed E-state index contributed by atoms with van der Waals surface area (Å²) in [6.07, 6.45) is 0. The molecule has 1 aliphatic rings. The van der Waals surface area contributed by atoms with Gasteiger partial charge < -0.3 is 10.1 Å². The molecule has 128 valence electrons. The minimum Gasteiger partial charge on any atom is -0.496 e. The lowest BCUT2D eigenvalue weighted by Crippen LogP contribution is -2.28. The maximum atomic E-state index is 12.7. The van der Waals surface area contributed by atoms with Crippen LogP contribution in [0.1, 0.15) is 11.1 Å². The highest BCUT2D eigenvalue weighted by molar-refractivity contribution is 6.37. The van der Waals surface area contributed by atoms with Crippen LogP contribution in [0.25, 0.3) is 5.57 Å². The number of hydrogen-bond donors (Lipinski definition) is 1. The fraction of sp³-hybridized carbons (Fsp3) is 0.158. The van der Waals surface area contributed by atoms with Crippen molar-refractivity contribution in [1.82, 2.24) is 4.90 Å². The zero-order valence-corrected chi connectivity index (χ0v) is 14.8. The number of methoxy groups -OCH3 is 1. The topological polar surface area (TPSA) is 58.6 Å². The number of rotatable bonds is 4. The number of ether oxygens (including phenoxy) is 1. The maximum Gasteiger partial charge on any atom is 0.277 e. The average molecular weight is 357 g/mol. The molecule has 0 bridgehead atoms. The van der Waals surface area contributed by atoms with Gasteiger partial charge >= 0.3 is 0 Å². The Morgan fingerprint density at radius 2 is 1.76 bits per heavy atom. The Morgan fingerprint density at radius 1 is 1.04 bits per heavy atom. The van der Waals surface area contributed by atoms with Gasteiger partial charge in [0.15, 0.2) is 0 Å². The van der Waals surface area contributed by atoms with E-state index in [-0.39, 0.29) is 17.2 Å². The van der Waals surface area contributed by atoms with Crippen molar-refractivity contribution < 1.29 is 14.3 Å². The smallest absolute Gasteiger partial charge is 0.277 e. The van der Waals surface area contributed by atoms with Crippen LogP contribution in [0.4, 0.5) is 5.69 Å². The fourth-order valence-corrected chi connectivity index (χ4v) is 2.91. The molecule has 0 fully saturated rings. The van der Waals surface area contributed by atoms with Crippen molar-refractivity contribution in [2.75, 3.05) is 19.5 Å². The number of nitrogens with zero attached hydrogens (tertiary/aromatic N) is 1. The minimum atomic E-state index is -0.398. The zero-order valence-electron chi connectivity index (χ0n) is 14.1. The number of carbonyl (C=O) groups excluding carboxylic acids is 2. The van der Waals surface area contributed by atoms with Crippen LogP contribution in [-0.2, 0) is 9.59 Å². The van der Waals surface area contributed by atoms with Gasteiger partial charge in [-0.3, -0.25) is 14.5 Å². The summed E-state index contributed by atoms with van der Waals surface area (Å²) in [5.41, 5.74) is 2.53. The third kappa shape index (κ3) is 2.87. The molecule has 6 heteroatoms.